The number of nitrogens with zero attached hydrogens (tertiary/aromatic N) is 3. The zero-order valence-electron chi connectivity index (χ0n) is 8.34. The molecule has 16 heavy (non-hydrogen) atoms. The minimum atomic E-state index is 0.824. The second-order valence-corrected chi connectivity index (χ2v) is 4.37. The van der Waals surface area contributed by atoms with Gasteiger partial charge in [0.25, 0.3) is 0 Å². The smallest absolute Gasteiger partial charge is 0.154 e. The van der Waals surface area contributed by atoms with Gasteiger partial charge in [0.1, 0.15) is 0 Å². The molecule has 0 unspecified atom stereocenters. The number of aromatic nitrogens is 3. The SMILES string of the molecule is Brc1ccc(-n2ncc3ccccc32)nc1. The van der Waals surface area contributed by atoms with E-state index in [1.165, 1.54) is 0 Å². The van der Waals surface area contributed by atoms with Crippen molar-refractivity contribution < 1.29 is 0 Å². The molecule has 0 spiro atoms. The van der Waals surface area contributed by atoms with Gasteiger partial charge < -0.3 is 0 Å². The first-order chi connectivity index (χ1) is 7.84. The van der Waals surface area contributed by atoms with E-state index >= 15 is 0 Å². The van der Waals surface area contributed by atoms with Crippen LogP contribution in [0.5, 0.6) is 0 Å². The molecule has 0 aliphatic rings. The maximum Gasteiger partial charge on any atom is 0.154 e. The molecule has 4 heteroatoms. The van der Waals surface area contributed by atoms with Crippen LogP contribution in [0.1, 0.15) is 0 Å². The highest BCUT2D eigenvalue weighted by atomic mass is 79.9. The van der Waals surface area contributed by atoms with Gasteiger partial charge in [-0.25, -0.2) is 9.67 Å². The molecule has 0 saturated carbocycles. The van der Waals surface area contributed by atoms with Gasteiger partial charge in [-0.3, -0.25) is 0 Å². The first-order valence-electron chi connectivity index (χ1n) is 4.89. The van der Waals surface area contributed by atoms with Crippen molar-refractivity contribution in [1.82, 2.24) is 14.8 Å². The summed E-state index contributed by atoms with van der Waals surface area (Å²) in [4.78, 5) is 4.32. The molecular formula is C12H8BrN3. The summed E-state index contributed by atoms with van der Waals surface area (Å²) in [6.07, 6.45) is 3.62. The minimum Gasteiger partial charge on any atom is -0.236 e. The third kappa shape index (κ3) is 1.51. The molecule has 0 bridgehead atoms. The van der Waals surface area contributed by atoms with Crippen LogP contribution in [0.25, 0.3) is 16.7 Å². The molecule has 0 atom stereocenters. The lowest BCUT2D eigenvalue weighted by atomic mass is 10.2. The molecule has 3 rings (SSSR count). The molecule has 0 amide bonds. The Morgan fingerprint density at radius 3 is 2.69 bits per heavy atom. The van der Waals surface area contributed by atoms with Gasteiger partial charge in [-0.15, -0.1) is 0 Å². The molecule has 2 heterocycles. The van der Waals surface area contributed by atoms with E-state index in [0.717, 1.165) is 21.2 Å². The van der Waals surface area contributed by atoms with Crippen LogP contribution in [0, 0.1) is 0 Å². The Bertz CT molecular complexity index is 628. The van der Waals surface area contributed by atoms with E-state index in [2.05, 4.69) is 26.0 Å². The fourth-order valence-electron chi connectivity index (χ4n) is 1.65. The largest absolute Gasteiger partial charge is 0.236 e. The van der Waals surface area contributed by atoms with E-state index < -0.39 is 0 Å². The summed E-state index contributed by atoms with van der Waals surface area (Å²) in [7, 11) is 0. The van der Waals surface area contributed by atoms with Crippen molar-refractivity contribution in [2.45, 2.75) is 0 Å². The Kier molecular flexibility index (Phi) is 2.22. The van der Waals surface area contributed by atoms with Gasteiger partial charge in [0.15, 0.2) is 5.82 Å². The number of rotatable bonds is 1. The van der Waals surface area contributed by atoms with Crippen molar-refractivity contribution in [2.24, 2.45) is 0 Å². The van der Waals surface area contributed by atoms with Crippen LogP contribution in [0.15, 0.2) is 53.3 Å². The van der Waals surface area contributed by atoms with Crippen molar-refractivity contribution >= 4 is 26.8 Å². The molecule has 3 nitrogen and oxygen atoms in total. The van der Waals surface area contributed by atoms with Gasteiger partial charge in [-0.1, -0.05) is 18.2 Å². The van der Waals surface area contributed by atoms with E-state index in [9.17, 15) is 0 Å². The summed E-state index contributed by atoms with van der Waals surface area (Å²) in [5.41, 5.74) is 1.07. The Labute approximate surface area is 101 Å². The quantitative estimate of drug-likeness (QED) is 0.682. The van der Waals surface area contributed by atoms with Crippen LogP contribution in [0.2, 0.25) is 0 Å². The first kappa shape index (κ1) is 9.54. The van der Waals surface area contributed by atoms with Crippen LogP contribution >= 0.6 is 15.9 Å². The topological polar surface area (TPSA) is 30.7 Å². The Morgan fingerprint density at radius 2 is 1.88 bits per heavy atom. The Morgan fingerprint density at radius 1 is 1.00 bits per heavy atom. The van der Waals surface area contributed by atoms with Gasteiger partial charge in [0.2, 0.25) is 0 Å². The summed E-state index contributed by atoms with van der Waals surface area (Å²) in [6.45, 7) is 0. The van der Waals surface area contributed by atoms with Crippen molar-refractivity contribution in [3.8, 4) is 5.82 Å². The molecule has 2 aromatic heterocycles. The van der Waals surface area contributed by atoms with Crippen LogP contribution in [0.3, 0.4) is 0 Å². The number of pyridine rings is 1. The lowest BCUT2D eigenvalue weighted by molar-refractivity contribution is 0.873. The molecule has 0 fully saturated rings. The first-order valence-corrected chi connectivity index (χ1v) is 5.68. The van der Waals surface area contributed by atoms with Gasteiger partial charge in [0.05, 0.1) is 11.7 Å². The number of benzene rings is 1. The lowest BCUT2D eigenvalue weighted by Crippen LogP contribution is -1.98. The molecule has 0 aliphatic carbocycles. The van der Waals surface area contributed by atoms with Crippen LogP contribution < -0.4 is 0 Å². The van der Waals surface area contributed by atoms with Crippen LogP contribution in [-0.4, -0.2) is 14.8 Å². The molecule has 0 saturated heterocycles. The predicted octanol–water partition coefficient (Wildman–Crippen LogP) is 3.18. The average Bonchev–Trinajstić information content (AvgIpc) is 2.74. The van der Waals surface area contributed by atoms with E-state index in [4.69, 9.17) is 0 Å². The maximum atomic E-state index is 4.33. The molecule has 3 aromatic rings. The van der Waals surface area contributed by atoms with E-state index in [0.29, 0.717) is 0 Å². The normalized spacial score (nSPS) is 10.8. The monoisotopic (exact) mass is 273 g/mol. The predicted molar refractivity (Wildman–Crippen MR) is 66.6 cm³/mol. The maximum absolute atomic E-state index is 4.33. The van der Waals surface area contributed by atoms with E-state index in [1.54, 1.807) is 6.20 Å². The number of fused-ring (bicyclic) bond motifs is 1. The summed E-state index contributed by atoms with van der Waals surface area (Å²) < 4.78 is 2.80. The molecule has 0 N–H and O–H groups in total. The third-order valence-electron chi connectivity index (χ3n) is 2.41. The fourth-order valence-corrected chi connectivity index (χ4v) is 1.88. The zero-order chi connectivity index (χ0) is 11.0. The van der Waals surface area contributed by atoms with Crippen LogP contribution in [-0.2, 0) is 0 Å². The van der Waals surface area contributed by atoms with Crippen LogP contribution in [0.4, 0.5) is 0 Å². The highest BCUT2D eigenvalue weighted by Crippen LogP contribution is 2.17. The Balaban J connectivity index is 2.22. The minimum absolute atomic E-state index is 0.824. The molecular weight excluding hydrogens is 266 g/mol. The number of para-hydroxylation sites is 1. The molecule has 78 valence electrons. The van der Waals surface area contributed by atoms with Crippen molar-refractivity contribution in [1.29, 1.82) is 0 Å². The molecule has 0 radical (unpaired) electrons. The fraction of sp³-hybridized carbons (Fsp3) is 0. The lowest BCUT2D eigenvalue weighted by Gasteiger charge is -2.01. The van der Waals surface area contributed by atoms with Crippen molar-refractivity contribution in [2.75, 3.05) is 0 Å². The highest BCUT2D eigenvalue weighted by Gasteiger charge is 2.04. The number of hydrogen-bond donors (Lipinski definition) is 0. The van der Waals surface area contributed by atoms with E-state index in [-0.39, 0.29) is 0 Å². The van der Waals surface area contributed by atoms with Crippen molar-refractivity contribution in [3.63, 3.8) is 0 Å². The van der Waals surface area contributed by atoms with Gasteiger partial charge in [-0.2, -0.15) is 5.10 Å². The number of hydrogen-bond acceptors (Lipinski definition) is 2. The summed E-state index contributed by atoms with van der Waals surface area (Å²) in [6, 6.07) is 12.0. The van der Waals surface area contributed by atoms with Gasteiger partial charge in [0, 0.05) is 16.1 Å². The third-order valence-corrected chi connectivity index (χ3v) is 2.88. The second-order valence-electron chi connectivity index (χ2n) is 3.45. The second kappa shape index (κ2) is 3.72. The van der Waals surface area contributed by atoms with Crippen molar-refractivity contribution in [3.05, 3.63) is 53.3 Å². The summed E-state index contributed by atoms with van der Waals surface area (Å²) in [5.74, 6) is 0.824. The van der Waals surface area contributed by atoms with Gasteiger partial charge >= 0.3 is 0 Å². The standard InChI is InChI=1S/C12H8BrN3/c13-10-5-6-12(14-8-10)16-11-4-2-1-3-9(11)7-15-16/h1-8H. The van der Waals surface area contributed by atoms with Gasteiger partial charge in [-0.05, 0) is 34.1 Å². The number of halogens is 1. The Hall–Kier alpha value is -1.68. The highest BCUT2D eigenvalue weighted by molar-refractivity contribution is 9.10. The summed E-state index contributed by atoms with van der Waals surface area (Å²) in [5, 5.41) is 5.45. The van der Waals surface area contributed by atoms with E-state index in [1.807, 2.05) is 47.3 Å². The molecule has 0 aliphatic heterocycles. The average molecular weight is 274 g/mol. The summed E-state index contributed by atoms with van der Waals surface area (Å²) >= 11 is 3.37. The molecule has 1 aromatic carbocycles. The zero-order valence-corrected chi connectivity index (χ0v) is 9.92.